The smallest absolute Gasteiger partial charge is 0.251 e. The summed E-state index contributed by atoms with van der Waals surface area (Å²) in [7, 11) is 2.45. The number of primary amides is 1. The lowest BCUT2D eigenvalue weighted by Gasteiger charge is -2.22. The van der Waals surface area contributed by atoms with E-state index in [1.807, 2.05) is 6.07 Å². The molecule has 0 radical (unpaired) electrons. The van der Waals surface area contributed by atoms with Gasteiger partial charge in [-0.05, 0) is 65.7 Å². The molecule has 2 unspecified atom stereocenters. The summed E-state index contributed by atoms with van der Waals surface area (Å²) in [6.07, 6.45) is 1.52. The van der Waals surface area contributed by atoms with E-state index in [9.17, 15) is 18.4 Å². The van der Waals surface area contributed by atoms with Crippen LogP contribution in [0.1, 0.15) is 46.6 Å². The van der Waals surface area contributed by atoms with Crippen LogP contribution < -0.4 is 22.1 Å². The van der Waals surface area contributed by atoms with Crippen LogP contribution in [0, 0.1) is 17.0 Å². The Morgan fingerprint density at radius 3 is 2.40 bits per heavy atom. The third kappa shape index (κ3) is 7.30. The summed E-state index contributed by atoms with van der Waals surface area (Å²) in [6, 6.07) is 20.1. The summed E-state index contributed by atoms with van der Waals surface area (Å²) in [5.74, 6) is -2.55. The number of allylic oxidation sites excluding steroid dienone is 1. The van der Waals surface area contributed by atoms with E-state index in [1.165, 1.54) is 24.3 Å². The summed E-state index contributed by atoms with van der Waals surface area (Å²) >= 11 is 0. The lowest BCUT2D eigenvalue weighted by molar-refractivity contribution is -0.121. The number of aromatic nitrogens is 1. The number of halogens is 2. The van der Waals surface area contributed by atoms with Gasteiger partial charge >= 0.3 is 0 Å². The van der Waals surface area contributed by atoms with Crippen molar-refractivity contribution in [2.45, 2.75) is 25.8 Å². The molecule has 42 heavy (non-hydrogen) atoms. The van der Waals surface area contributed by atoms with Gasteiger partial charge in [0.25, 0.3) is 5.91 Å². The Labute approximate surface area is 244 Å². The van der Waals surface area contributed by atoms with Crippen LogP contribution in [0.25, 0.3) is 11.1 Å². The van der Waals surface area contributed by atoms with E-state index in [4.69, 9.17) is 16.9 Å². The molecular formula is C32H30F2N5O2P. The molecule has 0 fully saturated rings. The average Bonchev–Trinajstić information content (AvgIpc) is 2.95. The van der Waals surface area contributed by atoms with E-state index in [2.05, 4.69) is 19.5 Å². The SMILES string of the molecule is C/C(N)=C(\CC(=O)NC(Cc1cc(F)cc(P)c1)c1ncccc1-c1ccc(F)c(C(N)=O)c1)C(=N)c1ccccc1. The first-order valence-electron chi connectivity index (χ1n) is 13.0. The van der Waals surface area contributed by atoms with Gasteiger partial charge in [0, 0.05) is 23.0 Å². The summed E-state index contributed by atoms with van der Waals surface area (Å²) in [4.78, 5) is 29.9. The molecule has 10 heteroatoms. The van der Waals surface area contributed by atoms with E-state index in [0.29, 0.717) is 44.5 Å². The lowest BCUT2D eigenvalue weighted by Crippen LogP contribution is -2.32. The highest BCUT2D eigenvalue weighted by Gasteiger charge is 2.24. The minimum absolute atomic E-state index is 0.129. The van der Waals surface area contributed by atoms with Crippen LogP contribution in [0.5, 0.6) is 0 Å². The van der Waals surface area contributed by atoms with Crippen molar-refractivity contribution in [3.05, 3.63) is 130 Å². The molecule has 0 spiro atoms. The lowest BCUT2D eigenvalue weighted by atomic mass is 9.93. The Hall–Kier alpha value is -4.75. The molecular weight excluding hydrogens is 555 g/mol. The molecule has 4 rings (SSSR count). The molecule has 0 aliphatic heterocycles. The van der Waals surface area contributed by atoms with E-state index < -0.39 is 29.5 Å². The normalized spacial score (nSPS) is 12.3. The number of carbonyl (C=O) groups excluding carboxylic acids is 2. The molecule has 3 aromatic carbocycles. The van der Waals surface area contributed by atoms with Crippen LogP contribution in [-0.2, 0) is 11.2 Å². The average molecular weight is 586 g/mol. The Bertz CT molecular complexity index is 1670. The fourth-order valence-corrected chi connectivity index (χ4v) is 5.05. The first-order valence-corrected chi connectivity index (χ1v) is 13.6. The molecule has 0 saturated heterocycles. The predicted octanol–water partition coefficient (Wildman–Crippen LogP) is 4.72. The number of nitrogens with one attached hydrogen (secondary N) is 2. The van der Waals surface area contributed by atoms with Crippen molar-refractivity contribution >= 4 is 32.1 Å². The van der Waals surface area contributed by atoms with Gasteiger partial charge in [0.15, 0.2) is 0 Å². The molecule has 1 aromatic heterocycles. The van der Waals surface area contributed by atoms with Crippen molar-refractivity contribution in [1.29, 1.82) is 5.41 Å². The van der Waals surface area contributed by atoms with E-state index >= 15 is 0 Å². The van der Waals surface area contributed by atoms with Gasteiger partial charge in [-0.15, -0.1) is 9.24 Å². The fourth-order valence-electron chi connectivity index (χ4n) is 4.68. The van der Waals surface area contributed by atoms with Crippen molar-refractivity contribution in [3.63, 3.8) is 0 Å². The minimum Gasteiger partial charge on any atom is -0.402 e. The molecule has 7 nitrogen and oxygen atoms in total. The van der Waals surface area contributed by atoms with Crippen LogP contribution in [-0.4, -0.2) is 22.5 Å². The van der Waals surface area contributed by atoms with Gasteiger partial charge in [-0.1, -0.05) is 48.5 Å². The quantitative estimate of drug-likeness (QED) is 0.158. The van der Waals surface area contributed by atoms with E-state index in [0.717, 1.165) is 6.07 Å². The van der Waals surface area contributed by atoms with Gasteiger partial charge in [-0.3, -0.25) is 20.0 Å². The Morgan fingerprint density at radius 1 is 1.00 bits per heavy atom. The highest BCUT2D eigenvalue weighted by molar-refractivity contribution is 7.27. The summed E-state index contributed by atoms with van der Waals surface area (Å²) in [6.45, 7) is 1.63. The Morgan fingerprint density at radius 2 is 1.74 bits per heavy atom. The van der Waals surface area contributed by atoms with Crippen LogP contribution >= 0.6 is 9.24 Å². The van der Waals surface area contributed by atoms with Crippen LogP contribution in [0.3, 0.4) is 0 Å². The Balaban J connectivity index is 1.73. The molecule has 1 heterocycles. The van der Waals surface area contributed by atoms with Crippen molar-refractivity contribution in [1.82, 2.24) is 10.3 Å². The first-order chi connectivity index (χ1) is 20.0. The molecule has 4 aromatic rings. The number of pyridine rings is 1. The number of hydrogen-bond acceptors (Lipinski definition) is 5. The standard InChI is InChI=1S/C32H30F2N5O2P/c1-18(35)25(30(36)20-6-3-2-4-7-20)17-29(40)39-28(14-19-12-22(33)16-23(42)13-19)31-24(8-5-11-38-31)21-9-10-27(34)26(15-21)32(37)41/h2-13,15-16,28,36H,14,17,35,42H2,1H3,(H2,37,41)(H,39,40)/b25-18-,36-30?. The molecule has 0 saturated carbocycles. The third-order valence-corrected chi connectivity index (χ3v) is 6.98. The molecule has 0 aliphatic carbocycles. The molecule has 0 bridgehead atoms. The molecule has 2 atom stereocenters. The van der Waals surface area contributed by atoms with Gasteiger partial charge in [0.1, 0.15) is 11.6 Å². The second kappa shape index (κ2) is 13.3. The predicted molar refractivity (Wildman–Crippen MR) is 163 cm³/mol. The number of benzene rings is 3. The van der Waals surface area contributed by atoms with Gasteiger partial charge in [-0.25, -0.2) is 8.78 Å². The summed E-state index contributed by atoms with van der Waals surface area (Å²) in [5.41, 5.74) is 14.6. The highest BCUT2D eigenvalue weighted by atomic mass is 31.0. The number of hydrogen-bond donors (Lipinski definition) is 4. The number of amides is 2. The van der Waals surface area contributed by atoms with Crippen molar-refractivity contribution in [2.75, 3.05) is 0 Å². The number of nitrogens with zero attached hydrogens (tertiary/aromatic N) is 1. The van der Waals surface area contributed by atoms with E-state index in [1.54, 1.807) is 55.6 Å². The maximum atomic E-state index is 14.3. The zero-order valence-electron chi connectivity index (χ0n) is 22.8. The van der Waals surface area contributed by atoms with Gasteiger partial charge < -0.3 is 16.8 Å². The van der Waals surface area contributed by atoms with Gasteiger partial charge in [-0.2, -0.15) is 0 Å². The molecule has 6 N–H and O–H groups in total. The molecule has 0 aliphatic rings. The fraction of sp³-hybridized carbons (Fsp3) is 0.125. The van der Waals surface area contributed by atoms with Crippen molar-refractivity contribution in [2.24, 2.45) is 11.5 Å². The monoisotopic (exact) mass is 585 g/mol. The summed E-state index contributed by atoms with van der Waals surface area (Å²) in [5, 5.41) is 12.3. The topological polar surface area (TPSA) is 135 Å². The largest absolute Gasteiger partial charge is 0.402 e. The minimum atomic E-state index is -0.922. The van der Waals surface area contributed by atoms with E-state index in [-0.39, 0.29) is 24.1 Å². The second-order valence-electron chi connectivity index (χ2n) is 9.79. The molecule has 214 valence electrons. The molecule has 2 amide bonds. The van der Waals surface area contributed by atoms with Crippen molar-refractivity contribution in [3.8, 4) is 11.1 Å². The van der Waals surface area contributed by atoms with Crippen LogP contribution in [0.15, 0.2) is 96.3 Å². The van der Waals surface area contributed by atoms with Crippen molar-refractivity contribution < 1.29 is 18.4 Å². The second-order valence-corrected chi connectivity index (χ2v) is 10.5. The maximum absolute atomic E-state index is 14.3. The number of nitrogens with two attached hydrogens (primary N) is 2. The van der Waals surface area contributed by atoms with Gasteiger partial charge in [0.2, 0.25) is 5.91 Å². The zero-order chi connectivity index (χ0) is 30.4. The first kappa shape index (κ1) is 30.2. The number of rotatable bonds is 10. The Kier molecular flexibility index (Phi) is 9.55. The van der Waals surface area contributed by atoms with Crippen LogP contribution in [0.4, 0.5) is 8.78 Å². The third-order valence-electron chi connectivity index (χ3n) is 6.64. The summed E-state index contributed by atoms with van der Waals surface area (Å²) < 4.78 is 28.6. The highest BCUT2D eigenvalue weighted by Crippen LogP contribution is 2.30. The maximum Gasteiger partial charge on any atom is 0.251 e. The van der Waals surface area contributed by atoms with Gasteiger partial charge in [0.05, 0.1) is 29.4 Å². The number of carbonyl (C=O) groups is 2. The zero-order valence-corrected chi connectivity index (χ0v) is 24.0. The van der Waals surface area contributed by atoms with Crippen LogP contribution in [0.2, 0.25) is 0 Å².